The van der Waals surface area contributed by atoms with Crippen molar-refractivity contribution in [3.05, 3.63) is 83.2 Å². The van der Waals surface area contributed by atoms with Crippen LogP contribution in [-0.2, 0) is 13.5 Å². The van der Waals surface area contributed by atoms with Crippen molar-refractivity contribution in [2.45, 2.75) is 37.8 Å². The quantitative estimate of drug-likeness (QED) is 0.427. The lowest BCUT2D eigenvalue weighted by atomic mass is 9.81. The number of halogens is 2. The monoisotopic (exact) mass is 444 g/mol. The molecule has 0 spiro atoms. The van der Waals surface area contributed by atoms with Gasteiger partial charge in [0.05, 0.1) is 22.9 Å². The molecule has 0 saturated carbocycles. The van der Waals surface area contributed by atoms with Crippen molar-refractivity contribution in [1.29, 1.82) is 0 Å². The number of piperidine rings is 1. The Balaban J connectivity index is 1.42. The number of carbonyl (C=O) groups is 1. The lowest BCUT2D eigenvalue weighted by molar-refractivity contribution is 0.0392. The molecule has 1 amide bonds. The van der Waals surface area contributed by atoms with E-state index in [0.29, 0.717) is 17.5 Å². The van der Waals surface area contributed by atoms with E-state index in [1.54, 1.807) is 17.9 Å². The summed E-state index contributed by atoms with van der Waals surface area (Å²) in [7, 11) is 1.79. The first-order chi connectivity index (χ1) is 16.0. The lowest BCUT2D eigenvalue weighted by Crippen LogP contribution is -2.49. The molecule has 1 fully saturated rings. The molecule has 2 bridgehead atoms. The molecule has 2 aliphatic heterocycles. The van der Waals surface area contributed by atoms with Crippen LogP contribution in [0.15, 0.2) is 54.7 Å². The number of aryl methyl sites for hydroxylation is 1. The molecular weight excluding hydrogens is 422 g/mol. The molecule has 2 aromatic carbocycles. The highest BCUT2D eigenvalue weighted by Gasteiger charge is 2.43. The summed E-state index contributed by atoms with van der Waals surface area (Å²) in [4.78, 5) is 20.0. The zero-order valence-corrected chi connectivity index (χ0v) is 18.1. The molecule has 166 valence electrons. The van der Waals surface area contributed by atoms with E-state index in [1.165, 1.54) is 12.1 Å². The van der Waals surface area contributed by atoms with Crippen molar-refractivity contribution >= 4 is 16.8 Å². The Kier molecular flexibility index (Phi) is 4.54. The Morgan fingerprint density at radius 2 is 1.88 bits per heavy atom. The number of hydrogen-bond acceptors (Lipinski definition) is 3. The Hall–Kier alpha value is -3.61. The first-order valence-corrected chi connectivity index (χ1v) is 11.2. The normalized spacial score (nSPS) is 19.5. The third-order valence-electron chi connectivity index (χ3n) is 6.90. The van der Waals surface area contributed by atoms with Crippen LogP contribution in [0.4, 0.5) is 8.78 Å². The molecule has 5 nitrogen and oxygen atoms in total. The number of pyridine rings is 1. The van der Waals surface area contributed by atoms with E-state index < -0.39 is 11.6 Å². The average molecular weight is 444 g/mol. The maximum Gasteiger partial charge on any atom is 0.254 e. The highest BCUT2D eigenvalue weighted by molar-refractivity contribution is 5.98. The third kappa shape index (κ3) is 3.22. The maximum absolute atomic E-state index is 14.0. The van der Waals surface area contributed by atoms with Crippen molar-refractivity contribution in [3.63, 3.8) is 0 Å². The van der Waals surface area contributed by atoms with Crippen molar-refractivity contribution in [2.24, 2.45) is 7.05 Å². The second kappa shape index (κ2) is 7.47. The fourth-order valence-corrected chi connectivity index (χ4v) is 5.56. The minimum Gasteiger partial charge on any atom is -0.327 e. The highest BCUT2D eigenvalue weighted by Crippen LogP contribution is 2.45. The van der Waals surface area contributed by atoms with Crippen LogP contribution in [0.3, 0.4) is 0 Å². The number of carbonyl (C=O) groups excluding carboxylic acids is 1. The fourth-order valence-electron chi connectivity index (χ4n) is 5.56. The highest BCUT2D eigenvalue weighted by atomic mass is 19.1. The molecule has 4 heterocycles. The summed E-state index contributed by atoms with van der Waals surface area (Å²) < 4.78 is 29.6. The first kappa shape index (κ1) is 20.0. The van der Waals surface area contributed by atoms with Gasteiger partial charge >= 0.3 is 0 Å². The zero-order valence-electron chi connectivity index (χ0n) is 18.1. The largest absolute Gasteiger partial charge is 0.327 e. The maximum atomic E-state index is 14.0. The third-order valence-corrected chi connectivity index (χ3v) is 6.90. The van der Waals surface area contributed by atoms with E-state index in [1.807, 2.05) is 35.2 Å². The summed E-state index contributed by atoms with van der Waals surface area (Å²) in [5.74, 6) is -1.23. The van der Waals surface area contributed by atoms with Gasteiger partial charge in [-0.15, -0.1) is 0 Å². The van der Waals surface area contributed by atoms with Gasteiger partial charge < -0.3 is 4.90 Å². The average Bonchev–Trinajstić information content (AvgIpc) is 3.13. The molecule has 4 aromatic rings. The summed E-state index contributed by atoms with van der Waals surface area (Å²) in [5, 5.41) is 5.68. The van der Waals surface area contributed by atoms with E-state index in [9.17, 15) is 13.6 Å². The van der Waals surface area contributed by atoms with Gasteiger partial charge in [-0.2, -0.15) is 5.10 Å². The molecule has 0 N–H and O–H groups in total. The molecule has 6 rings (SSSR count). The van der Waals surface area contributed by atoms with Crippen molar-refractivity contribution in [2.75, 3.05) is 0 Å². The van der Waals surface area contributed by atoms with Gasteiger partial charge in [0, 0.05) is 47.4 Å². The molecule has 7 heteroatoms. The van der Waals surface area contributed by atoms with Crippen molar-refractivity contribution in [1.82, 2.24) is 19.7 Å². The Labute approximate surface area is 189 Å². The van der Waals surface area contributed by atoms with Gasteiger partial charge in [0.2, 0.25) is 0 Å². The van der Waals surface area contributed by atoms with Crippen LogP contribution in [-0.4, -0.2) is 31.6 Å². The van der Waals surface area contributed by atoms with Gasteiger partial charge in [-0.3, -0.25) is 14.5 Å². The molecule has 1 saturated heterocycles. The summed E-state index contributed by atoms with van der Waals surface area (Å²) >= 11 is 0. The smallest absolute Gasteiger partial charge is 0.254 e. The van der Waals surface area contributed by atoms with Gasteiger partial charge in [-0.05, 0) is 62.1 Å². The zero-order chi connectivity index (χ0) is 22.7. The Morgan fingerprint density at radius 3 is 2.70 bits per heavy atom. The van der Waals surface area contributed by atoms with Gasteiger partial charge in [-0.1, -0.05) is 6.07 Å². The molecule has 2 unspecified atom stereocenters. The number of hydrogen-bond donors (Lipinski definition) is 0. The number of fused-ring (bicyclic) bond motifs is 5. The van der Waals surface area contributed by atoms with E-state index in [0.717, 1.165) is 53.2 Å². The summed E-state index contributed by atoms with van der Waals surface area (Å²) in [5.41, 5.74) is 4.52. The van der Waals surface area contributed by atoms with Crippen LogP contribution in [0, 0.1) is 11.6 Å². The SMILES string of the molecule is Cn1nc2c(c1-c1cc(F)cc(F)c1)CC1CCCC2N1C(=O)c1ccc2ncccc2c1. The van der Waals surface area contributed by atoms with E-state index >= 15 is 0 Å². The summed E-state index contributed by atoms with van der Waals surface area (Å²) in [6.07, 6.45) is 5.08. The summed E-state index contributed by atoms with van der Waals surface area (Å²) in [6, 6.07) is 12.9. The number of benzene rings is 2. The van der Waals surface area contributed by atoms with Crippen molar-refractivity contribution in [3.8, 4) is 11.3 Å². The minimum atomic E-state index is -0.612. The lowest BCUT2D eigenvalue weighted by Gasteiger charge is -2.45. The van der Waals surface area contributed by atoms with Crippen LogP contribution in [0.25, 0.3) is 22.2 Å². The number of amides is 1. The van der Waals surface area contributed by atoms with E-state index in [-0.39, 0.29) is 18.0 Å². The number of nitrogens with zero attached hydrogens (tertiary/aromatic N) is 4. The molecule has 33 heavy (non-hydrogen) atoms. The predicted molar refractivity (Wildman–Crippen MR) is 121 cm³/mol. The Morgan fingerprint density at radius 1 is 1.06 bits per heavy atom. The molecule has 2 atom stereocenters. The van der Waals surface area contributed by atoms with Crippen molar-refractivity contribution < 1.29 is 13.6 Å². The van der Waals surface area contributed by atoms with Crippen LogP contribution in [0.2, 0.25) is 0 Å². The van der Waals surface area contributed by atoms with E-state index in [4.69, 9.17) is 5.10 Å². The topological polar surface area (TPSA) is 51.0 Å². The standard InChI is InChI=1S/C26H22F2N4O/c1-31-25(17-11-18(27)13-19(28)12-17)21-14-20-5-2-6-23(24(21)30-31)32(20)26(33)16-7-8-22-15(10-16)4-3-9-29-22/h3-4,7-13,20,23H,2,5-6,14H2,1H3. The summed E-state index contributed by atoms with van der Waals surface area (Å²) in [6.45, 7) is 0. The number of rotatable bonds is 2. The minimum absolute atomic E-state index is 0.00916. The second-order valence-electron chi connectivity index (χ2n) is 8.92. The predicted octanol–water partition coefficient (Wildman–Crippen LogP) is 5.21. The van der Waals surface area contributed by atoms with Gasteiger partial charge in [0.1, 0.15) is 11.6 Å². The number of aromatic nitrogens is 3. The molecule has 2 aromatic heterocycles. The van der Waals surface area contributed by atoms with Gasteiger partial charge in [0.25, 0.3) is 5.91 Å². The molecule has 2 aliphatic rings. The van der Waals surface area contributed by atoms with Crippen LogP contribution in [0.5, 0.6) is 0 Å². The van der Waals surface area contributed by atoms with E-state index in [2.05, 4.69) is 4.98 Å². The molecule has 0 radical (unpaired) electrons. The first-order valence-electron chi connectivity index (χ1n) is 11.2. The van der Waals surface area contributed by atoms with Crippen LogP contribution >= 0.6 is 0 Å². The molecular formula is C26H22F2N4O. The van der Waals surface area contributed by atoms with Crippen LogP contribution in [0.1, 0.15) is 46.9 Å². The van der Waals surface area contributed by atoms with Crippen LogP contribution < -0.4 is 0 Å². The fraction of sp³-hybridized carbons (Fsp3) is 0.269. The molecule has 0 aliphatic carbocycles. The van der Waals surface area contributed by atoms with Gasteiger partial charge in [0.15, 0.2) is 0 Å². The second-order valence-corrected chi connectivity index (χ2v) is 8.92. The Bertz CT molecular complexity index is 1390. The van der Waals surface area contributed by atoms with Gasteiger partial charge in [-0.25, -0.2) is 8.78 Å².